The molecule has 23 heavy (non-hydrogen) atoms. The molecule has 0 N–H and O–H groups in total. The van der Waals surface area contributed by atoms with Crippen LogP contribution in [0.4, 0.5) is 0 Å². The fraction of sp³-hybridized carbons (Fsp3) is 0.143. The van der Waals surface area contributed by atoms with Crippen LogP contribution >= 0.6 is 0 Å². The summed E-state index contributed by atoms with van der Waals surface area (Å²) in [6, 6.07) is 32.3. The van der Waals surface area contributed by atoms with Gasteiger partial charge >= 0.3 is 142 Å². The van der Waals surface area contributed by atoms with E-state index in [1.807, 2.05) is 0 Å². The summed E-state index contributed by atoms with van der Waals surface area (Å²) in [5.41, 5.74) is 0. The maximum atomic E-state index is 6.72. The van der Waals surface area contributed by atoms with E-state index in [0.29, 0.717) is 0 Å². The van der Waals surface area contributed by atoms with Gasteiger partial charge in [-0.3, -0.25) is 0 Å². The van der Waals surface area contributed by atoms with Crippen molar-refractivity contribution < 1.29 is 3.76 Å². The van der Waals surface area contributed by atoms with E-state index in [-0.39, 0.29) is 0 Å². The summed E-state index contributed by atoms with van der Waals surface area (Å²) >= 11 is -3.10. The molecule has 0 atom stereocenters. The average molecular weight is 363 g/mol. The number of hydrogen-bond acceptors (Lipinski definition) is 1. The molecule has 116 valence electrons. The van der Waals surface area contributed by atoms with Gasteiger partial charge in [-0.2, -0.15) is 0 Å². The zero-order valence-corrected chi connectivity index (χ0v) is 15.6. The van der Waals surface area contributed by atoms with Crippen LogP contribution in [0.15, 0.2) is 91.0 Å². The standard InChI is InChI=1S/C21H22GeO/c1-2-18-23-22(19-12-6-3-7-13-19,20-14-8-4-9-15-20)21-16-10-5-11-17-21/h3-17H,2,18H2,1H3. The topological polar surface area (TPSA) is 9.23 Å². The number of rotatable bonds is 6. The summed E-state index contributed by atoms with van der Waals surface area (Å²) in [6.45, 7) is 2.96. The van der Waals surface area contributed by atoms with Gasteiger partial charge in [0.1, 0.15) is 0 Å². The SMILES string of the molecule is CCC[O][Ge]([c]1ccccc1)([c]1ccccc1)[c]1ccccc1. The molecule has 0 spiro atoms. The molecular formula is C21H22GeO. The molecule has 1 nitrogen and oxygen atoms in total. The fourth-order valence-corrected chi connectivity index (χ4v) is 11.4. The molecule has 0 radical (unpaired) electrons. The molecular weight excluding hydrogens is 341 g/mol. The van der Waals surface area contributed by atoms with Gasteiger partial charge in [0, 0.05) is 0 Å². The maximum absolute atomic E-state index is 6.72. The number of hydrogen-bond donors (Lipinski definition) is 0. The van der Waals surface area contributed by atoms with Crippen LogP contribution in [-0.4, -0.2) is 20.2 Å². The second-order valence-corrected chi connectivity index (χ2v) is 12.7. The second kappa shape index (κ2) is 7.62. The summed E-state index contributed by atoms with van der Waals surface area (Å²) in [6.07, 6.45) is 1.03. The molecule has 3 rings (SSSR count). The molecule has 3 aromatic rings. The van der Waals surface area contributed by atoms with Crippen molar-refractivity contribution in [1.82, 2.24) is 0 Å². The van der Waals surface area contributed by atoms with Crippen molar-refractivity contribution in [3.8, 4) is 0 Å². The Morgan fingerprint density at radius 2 is 0.957 bits per heavy atom. The third-order valence-corrected chi connectivity index (χ3v) is 12.6. The molecule has 0 unspecified atom stereocenters. The third-order valence-electron chi connectivity index (χ3n) is 4.06. The number of benzene rings is 3. The normalized spacial score (nSPS) is 11.3. The Bertz CT molecular complexity index is 614. The molecule has 0 bridgehead atoms. The van der Waals surface area contributed by atoms with E-state index < -0.39 is 13.6 Å². The molecule has 0 aliphatic rings. The summed E-state index contributed by atoms with van der Waals surface area (Å²) in [5, 5.41) is 0. The van der Waals surface area contributed by atoms with E-state index in [4.69, 9.17) is 3.76 Å². The van der Waals surface area contributed by atoms with E-state index in [2.05, 4.69) is 97.9 Å². The van der Waals surface area contributed by atoms with E-state index in [0.717, 1.165) is 13.0 Å². The minimum absolute atomic E-state index is 0.790. The van der Waals surface area contributed by atoms with Crippen molar-refractivity contribution >= 4 is 26.8 Å². The van der Waals surface area contributed by atoms with Gasteiger partial charge in [-0.15, -0.1) is 0 Å². The molecule has 0 saturated heterocycles. The third kappa shape index (κ3) is 3.26. The van der Waals surface area contributed by atoms with Crippen LogP contribution in [0.5, 0.6) is 0 Å². The van der Waals surface area contributed by atoms with Crippen LogP contribution in [0.2, 0.25) is 0 Å². The summed E-state index contributed by atoms with van der Waals surface area (Å²) < 4.78 is 10.8. The fourth-order valence-electron chi connectivity index (χ4n) is 3.02. The zero-order chi connectivity index (χ0) is 16.0. The van der Waals surface area contributed by atoms with Gasteiger partial charge in [0.25, 0.3) is 0 Å². The Morgan fingerprint density at radius 1 is 0.609 bits per heavy atom. The van der Waals surface area contributed by atoms with E-state index in [1.165, 1.54) is 13.2 Å². The van der Waals surface area contributed by atoms with Crippen molar-refractivity contribution in [1.29, 1.82) is 0 Å². The van der Waals surface area contributed by atoms with Crippen LogP contribution in [0.25, 0.3) is 0 Å². The Hall–Kier alpha value is -1.84. The molecule has 0 aromatic heterocycles. The predicted molar refractivity (Wildman–Crippen MR) is 100 cm³/mol. The Kier molecular flexibility index (Phi) is 5.32. The Balaban J connectivity index is 2.25. The van der Waals surface area contributed by atoms with Gasteiger partial charge in [-0.25, -0.2) is 0 Å². The van der Waals surface area contributed by atoms with Gasteiger partial charge in [-0.05, 0) is 0 Å². The average Bonchev–Trinajstić information content (AvgIpc) is 2.65. The Morgan fingerprint density at radius 3 is 1.26 bits per heavy atom. The first-order valence-electron chi connectivity index (χ1n) is 8.18. The van der Waals surface area contributed by atoms with Crippen molar-refractivity contribution in [3.63, 3.8) is 0 Å². The quantitative estimate of drug-likeness (QED) is 0.612. The van der Waals surface area contributed by atoms with E-state index in [9.17, 15) is 0 Å². The van der Waals surface area contributed by atoms with Gasteiger partial charge in [0.2, 0.25) is 0 Å². The van der Waals surface area contributed by atoms with Crippen LogP contribution in [-0.2, 0) is 3.76 Å². The summed E-state index contributed by atoms with van der Waals surface area (Å²) in [5.74, 6) is 0. The predicted octanol–water partition coefficient (Wildman–Crippen LogP) is 3.08. The first kappa shape index (κ1) is 16.0. The molecule has 0 aliphatic carbocycles. The molecule has 0 fully saturated rings. The first-order valence-corrected chi connectivity index (χ1v) is 12.2. The Labute approximate surface area is 141 Å². The minimum atomic E-state index is -3.10. The van der Waals surface area contributed by atoms with E-state index in [1.54, 1.807) is 0 Å². The van der Waals surface area contributed by atoms with Gasteiger partial charge < -0.3 is 0 Å². The van der Waals surface area contributed by atoms with Crippen LogP contribution in [0.1, 0.15) is 13.3 Å². The second-order valence-electron chi connectivity index (χ2n) is 5.63. The molecule has 0 amide bonds. The molecule has 0 aliphatic heterocycles. The van der Waals surface area contributed by atoms with Crippen molar-refractivity contribution in [3.05, 3.63) is 91.0 Å². The summed E-state index contributed by atoms with van der Waals surface area (Å²) in [4.78, 5) is 0. The van der Waals surface area contributed by atoms with Crippen LogP contribution < -0.4 is 13.2 Å². The molecule has 0 heterocycles. The van der Waals surface area contributed by atoms with Gasteiger partial charge in [0.15, 0.2) is 0 Å². The molecule has 0 saturated carbocycles. The van der Waals surface area contributed by atoms with Crippen molar-refractivity contribution in [2.75, 3.05) is 6.61 Å². The van der Waals surface area contributed by atoms with Crippen LogP contribution in [0.3, 0.4) is 0 Å². The van der Waals surface area contributed by atoms with Gasteiger partial charge in [0.05, 0.1) is 0 Å². The molecule has 3 aromatic carbocycles. The monoisotopic (exact) mass is 364 g/mol. The molecule has 2 heteroatoms. The van der Waals surface area contributed by atoms with Crippen LogP contribution in [0, 0.1) is 0 Å². The van der Waals surface area contributed by atoms with Gasteiger partial charge in [-0.1, -0.05) is 0 Å². The first-order chi connectivity index (χ1) is 11.4. The van der Waals surface area contributed by atoms with E-state index >= 15 is 0 Å². The van der Waals surface area contributed by atoms with Crippen molar-refractivity contribution in [2.45, 2.75) is 13.3 Å². The van der Waals surface area contributed by atoms with Crippen molar-refractivity contribution in [2.24, 2.45) is 0 Å². The summed E-state index contributed by atoms with van der Waals surface area (Å²) in [7, 11) is 0. The zero-order valence-electron chi connectivity index (χ0n) is 13.5.